The minimum atomic E-state index is -1.70. The summed E-state index contributed by atoms with van der Waals surface area (Å²) in [6.07, 6.45) is 3.10. The summed E-state index contributed by atoms with van der Waals surface area (Å²) >= 11 is 0. The number of amides is 1. The van der Waals surface area contributed by atoms with Crippen molar-refractivity contribution in [2.45, 2.75) is 25.4 Å². The van der Waals surface area contributed by atoms with Gasteiger partial charge in [0.15, 0.2) is 16.0 Å². The Bertz CT molecular complexity index is 1040. The quantitative estimate of drug-likeness (QED) is 0.595. The molecule has 3 heterocycles. The number of hydrogen-bond acceptors (Lipinski definition) is 6. The molecule has 1 amide bonds. The molecule has 156 valence electrons. The van der Waals surface area contributed by atoms with Crippen LogP contribution in [0, 0.1) is 13.8 Å². The molecule has 30 heavy (non-hydrogen) atoms. The van der Waals surface area contributed by atoms with Crippen molar-refractivity contribution < 1.29 is 13.7 Å². The summed E-state index contributed by atoms with van der Waals surface area (Å²) in [4.78, 5) is 25.4. The molecule has 0 bridgehead atoms. The topological polar surface area (TPSA) is 97.3 Å². The van der Waals surface area contributed by atoms with Crippen LogP contribution < -0.4 is 14.4 Å². The molecule has 0 aromatic carbocycles. The highest BCUT2D eigenvalue weighted by atomic mass is 32.2. The lowest BCUT2D eigenvalue weighted by Crippen LogP contribution is -2.38. The number of ether oxygens (including phenoxy) is 1. The Morgan fingerprint density at radius 1 is 1.13 bits per heavy atom. The van der Waals surface area contributed by atoms with E-state index in [0.717, 1.165) is 17.0 Å². The van der Waals surface area contributed by atoms with Crippen molar-refractivity contribution in [3.05, 3.63) is 71.8 Å². The molecule has 1 atom stereocenters. The summed E-state index contributed by atoms with van der Waals surface area (Å²) in [6, 6.07) is 12.6. The van der Waals surface area contributed by atoms with E-state index in [1.807, 2.05) is 38.1 Å². The predicted molar refractivity (Wildman–Crippen MR) is 114 cm³/mol. The van der Waals surface area contributed by atoms with Crippen molar-refractivity contribution in [3.63, 3.8) is 0 Å². The Labute approximate surface area is 177 Å². The third-order valence-corrected chi connectivity index (χ3v) is 5.74. The molecule has 3 aromatic heterocycles. The average molecular weight is 426 g/mol. The maximum Gasteiger partial charge on any atom is 0.241 e. The van der Waals surface area contributed by atoms with Crippen molar-refractivity contribution in [2.75, 3.05) is 18.0 Å². The van der Waals surface area contributed by atoms with Gasteiger partial charge in [0.1, 0.15) is 6.54 Å². The van der Waals surface area contributed by atoms with E-state index in [1.54, 1.807) is 24.4 Å². The molecule has 0 spiro atoms. The van der Waals surface area contributed by atoms with Crippen LogP contribution in [-0.4, -0.2) is 38.7 Å². The number of hydrogen-bond donors (Lipinski definition) is 1. The second-order valence-electron chi connectivity index (χ2n) is 6.52. The number of nitrogens with zero attached hydrogens (tertiary/aromatic N) is 4. The van der Waals surface area contributed by atoms with Gasteiger partial charge in [-0.3, -0.25) is 14.1 Å². The van der Waals surface area contributed by atoms with Crippen LogP contribution in [0.5, 0.6) is 5.88 Å². The largest absolute Gasteiger partial charge is 0.481 e. The van der Waals surface area contributed by atoms with E-state index < -0.39 is 11.0 Å². The Kier molecular flexibility index (Phi) is 7.08. The molecule has 1 N–H and O–H groups in total. The zero-order valence-corrected chi connectivity index (χ0v) is 17.8. The number of carbonyl (C=O) groups is 1. The van der Waals surface area contributed by atoms with Gasteiger partial charge in [-0.25, -0.2) is 14.2 Å². The van der Waals surface area contributed by atoms with Gasteiger partial charge in [-0.1, -0.05) is 12.1 Å². The lowest BCUT2D eigenvalue weighted by atomic mass is 10.3. The molecule has 0 aliphatic carbocycles. The fourth-order valence-corrected chi connectivity index (χ4v) is 3.96. The normalized spacial score (nSPS) is 11.6. The molecule has 0 aliphatic heterocycles. The van der Waals surface area contributed by atoms with E-state index in [-0.39, 0.29) is 19.0 Å². The van der Waals surface area contributed by atoms with Crippen LogP contribution >= 0.6 is 0 Å². The first-order valence-corrected chi connectivity index (χ1v) is 10.4. The van der Waals surface area contributed by atoms with E-state index in [0.29, 0.717) is 16.6 Å². The smallest absolute Gasteiger partial charge is 0.241 e. The molecule has 9 heteroatoms. The van der Waals surface area contributed by atoms with Crippen LogP contribution in [0.1, 0.15) is 17.0 Å². The lowest BCUT2D eigenvalue weighted by molar-refractivity contribution is -0.119. The van der Waals surface area contributed by atoms with Gasteiger partial charge in [-0.15, -0.1) is 0 Å². The number of rotatable bonds is 8. The molecule has 0 saturated heterocycles. The Hall–Kier alpha value is -3.33. The number of anilines is 1. The summed E-state index contributed by atoms with van der Waals surface area (Å²) in [5.41, 5.74) is 2.91. The Morgan fingerprint density at radius 2 is 1.97 bits per heavy atom. The van der Waals surface area contributed by atoms with Crippen molar-refractivity contribution in [2.24, 2.45) is 0 Å². The summed E-state index contributed by atoms with van der Waals surface area (Å²) in [5.74, 6) is 0.129. The van der Waals surface area contributed by atoms with Crippen LogP contribution in [0.4, 0.5) is 5.69 Å². The van der Waals surface area contributed by atoms with E-state index in [4.69, 9.17) is 4.74 Å². The molecule has 3 aromatic rings. The second-order valence-corrected chi connectivity index (χ2v) is 7.84. The van der Waals surface area contributed by atoms with E-state index in [9.17, 15) is 9.00 Å². The van der Waals surface area contributed by atoms with Crippen molar-refractivity contribution >= 4 is 22.6 Å². The predicted octanol–water partition coefficient (Wildman–Crippen LogP) is 2.34. The van der Waals surface area contributed by atoms with Crippen LogP contribution in [0.2, 0.25) is 0 Å². The number of pyridine rings is 3. The molecule has 0 fully saturated rings. The number of nitrogens with one attached hydrogen (secondary N) is 1. The van der Waals surface area contributed by atoms with Gasteiger partial charge in [0.2, 0.25) is 11.8 Å². The molecule has 8 nitrogen and oxygen atoms in total. The van der Waals surface area contributed by atoms with Gasteiger partial charge in [0.25, 0.3) is 0 Å². The first kappa shape index (κ1) is 21.4. The third kappa shape index (κ3) is 5.38. The maximum absolute atomic E-state index is 13.3. The molecule has 0 saturated carbocycles. The summed E-state index contributed by atoms with van der Waals surface area (Å²) < 4.78 is 19.8. The molecular formula is C21H23N5O3S. The molecule has 3 rings (SSSR count). The highest BCUT2D eigenvalue weighted by Gasteiger charge is 2.22. The molecule has 1 unspecified atom stereocenters. The maximum atomic E-state index is 13.3. The van der Waals surface area contributed by atoms with Gasteiger partial charge in [0, 0.05) is 18.0 Å². The van der Waals surface area contributed by atoms with Gasteiger partial charge in [-0.05, 0) is 43.7 Å². The van der Waals surface area contributed by atoms with Gasteiger partial charge >= 0.3 is 0 Å². The minimum absolute atomic E-state index is 0.136. The van der Waals surface area contributed by atoms with Crippen LogP contribution in [-0.2, 0) is 22.3 Å². The second kappa shape index (κ2) is 9.93. The fraction of sp³-hybridized carbons (Fsp3) is 0.238. The summed E-state index contributed by atoms with van der Waals surface area (Å²) in [6.45, 7) is 3.86. The number of aromatic nitrogens is 3. The van der Waals surface area contributed by atoms with Crippen LogP contribution in [0.15, 0.2) is 59.9 Å². The summed E-state index contributed by atoms with van der Waals surface area (Å²) in [5, 5.41) is 3.22. The monoisotopic (exact) mass is 425 g/mol. The van der Waals surface area contributed by atoms with E-state index in [1.165, 1.54) is 17.6 Å². The lowest BCUT2D eigenvalue weighted by Gasteiger charge is -2.23. The highest BCUT2D eigenvalue weighted by Crippen LogP contribution is 2.22. The van der Waals surface area contributed by atoms with Gasteiger partial charge < -0.3 is 10.1 Å². The molecular weight excluding hydrogens is 402 g/mol. The zero-order chi connectivity index (χ0) is 21.5. The first-order valence-electron chi connectivity index (χ1n) is 9.28. The standard InChI is InChI=1S/C21H23N5O3S/c1-15-6-5-11-22-21(15)30(28)26(18-9-10-20(29-3)24-13-18)14-19(27)23-12-17-8-4-7-16(2)25-17/h4-11,13H,12,14H2,1-3H3,(H,23,27). The van der Waals surface area contributed by atoms with E-state index >= 15 is 0 Å². The zero-order valence-electron chi connectivity index (χ0n) is 17.0. The minimum Gasteiger partial charge on any atom is -0.481 e. The van der Waals surface area contributed by atoms with Crippen molar-refractivity contribution in [3.8, 4) is 5.88 Å². The molecule has 0 aliphatic rings. The Balaban J connectivity index is 1.80. The molecule has 0 radical (unpaired) electrons. The SMILES string of the molecule is COc1ccc(N(CC(=O)NCc2cccc(C)n2)S(=O)c2ncccc2C)cn1. The number of methoxy groups -OCH3 is 1. The van der Waals surface area contributed by atoms with Crippen molar-refractivity contribution in [1.29, 1.82) is 0 Å². The van der Waals surface area contributed by atoms with Crippen LogP contribution in [0.3, 0.4) is 0 Å². The number of carbonyl (C=O) groups excluding carboxylic acids is 1. The Morgan fingerprint density at radius 3 is 2.63 bits per heavy atom. The third-order valence-electron chi connectivity index (χ3n) is 4.24. The first-order chi connectivity index (χ1) is 14.5. The van der Waals surface area contributed by atoms with Gasteiger partial charge in [0.05, 0.1) is 31.2 Å². The van der Waals surface area contributed by atoms with Crippen LogP contribution in [0.25, 0.3) is 0 Å². The fourth-order valence-electron chi connectivity index (χ4n) is 2.72. The number of aryl methyl sites for hydroxylation is 2. The van der Waals surface area contributed by atoms with Gasteiger partial charge in [-0.2, -0.15) is 0 Å². The average Bonchev–Trinajstić information content (AvgIpc) is 2.76. The van der Waals surface area contributed by atoms with E-state index in [2.05, 4.69) is 20.3 Å². The highest BCUT2D eigenvalue weighted by molar-refractivity contribution is 7.86. The summed E-state index contributed by atoms with van der Waals surface area (Å²) in [7, 11) is -0.184. The van der Waals surface area contributed by atoms with Crippen molar-refractivity contribution in [1.82, 2.24) is 20.3 Å².